The summed E-state index contributed by atoms with van der Waals surface area (Å²) in [4.78, 5) is 25.1. The molecule has 0 aliphatic carbocycles. The maximum absolute atomic E-state index is 12.5. The number of hydrogen-bond donors (Lipinski definition) is 1. The van der Waals surface area contributed by atoms with Crippen molar-refractivity contribution in [2.24, 2.45) is 0 Å². The summed E-state index contributed by atoms with van der Waals surface area (Å²) in [5.74, 6) is -0.854. The molecule has 2 rings (SSSR count). The molecule has 0 radical (unpaired) electrons. The van der Waals surface area contributed by atoms with E-state index in [0.29, 0.717) is 29.3 Å². The lowest BCUT2D eigenvalue weighted by Gasteiger charge is -2.33. The van der Waals surface area contributed by atoms with E-state index in [0.717, 1.165) is 12.8 Å². The van der Waals surface area contributed by atoms with Gasteiger partial charge in [0.25, 0.3) is 5.91 Å². The number of carboxylic acids is 1. The normalized spacial score (nSPS) is 18.7. The molecule has 5 nitrogen and oxygen atoms in total. The molecule has 1 aliphatic rings. The number of piperidine rings is 1. The van der Waals surface area contributed by atoms with Crippen LogP contribution >= 0.6 is 11.6 Å². The van der Waals surface area contributed by atoms with Crippen LogP contribution in [0.3, 0.4) is 0 Å². The highest BCUT2D eigenvalue weighted by Gasteiger charge is 2.32. The summed E-state index contributed by atoms with van der Waals surface area (Å²) in [7, 11) is 1.47. The van der Waals surface area contributed by atoms with Gasteiger partial charge in [-0.3, -0.25) is 4.79 Å². The Labute approximate surface area is 122 Å². The standard InChI is InChI=1S/C14H16ClNO4/c1-20-12-8-9(5-6-10(12)15)13(17)16-7-3-2-4-11(16)14(18)19/h5-6,8,11H,2-4,7H2,1H3,(H,18,19). The lowest BCUT2D eigenvalue weighted by Crippen LogP contribution is -2.47. The van der Waals surface area contributed by atoms with Crippen molar-refractivity contribution in [3.8, 4) is 5.75 Å². The molecule has 1 aliphatic heterocycles. The number of halogens is 1. The topological polar surface area (TPSA) is 66.8 Å². The van der Waals surface area contributed by atoms with Gasteiger partial charge in [-0.05, 0) is 37.5 Å². The van der Waals surface area contributed by atoms with Crippen molar-refractivity contribution in [3.05, 3.63) is 28.8 Å². The van der Waals surface area contributed by atoms with Gasteiger partial charge in [-0.15, -0.1) is 0 Å². The number of ether oxygens (including phenoxy) is 1. The molecule has 1 aromatic carbocycles. The Bertz CT molecular complexity index is 532. The summed E-state index contributed by atoms with van der Waals surface area (Å²) in [6, 6.07) is 3.95. The van der Waals surface area contributed by atoms with Crippen molar-refractivity contribution in [2.75, 3.05) is 13.7 Å². The van der Waals surface area contributed by atoms with Gasteiger partial charge in [0, 0.05) is 12.1 Å². The molecule has 108 valence electrons. The van der Waals surface area contributed by atoms with Crippen molar-refractivity contribution in [1.82, 2.24) is 4.90 Å². The van der Waals surface area contributed by atoms with Gasteiger partial charge in [0.05, 0.1) is 12.1 Å². The number of nitrogens with zero attached hydrogens (tertiary/aromatic N) is 1. The molecular weight excluding hydrogens is 282 g/mol. The quantitative estimate of drug-likeness (QED) is 0.930. The highest BCUT2D eigenvalue weighted by atomic mass is 35.5. The molecule has 1 fully saturated rings. The fourth-order valence-corrected chi connectivity index (χ4v) is 2.58. The van der Waals surface area contributed by atoms with E-state index in [1.165, 1.54) is 18.1 Å². The smallest absolute Gasteiger partial charge is 0.326 e. The Hall–Kier alpha value is -1.75. The molecule has 1 saturated heterocycles. The van der Waals surface area contributed by atoms with Crippen LogP contribution in [0.4, 0.5) is 0 Å². The van der Waals surface area contributed by atoms with E-state index in [1.54, 1.807) is 12.1 Å². The summed E-state index contributed by atoms with van der Waals surface area (Å²) < 4.78 is 5.08. The Kier molecular flexibility index (Phi) is 4.49. The number of hydrogen-bond acceptors (Lipinski definition) is 3. The Morgan fingerprint density at radius 3 is 2.80 bits per heavy atom. The first-order valence-corrected chi connectivity index (χ1v) is 6.79. The highest BCUT2D eigenvalue weighted by Crippen LogP contribution is 2.27. The van der Waals surface area contributed by atoms with Gasteiger partial charge >= 0.3 is 5.97 Å². The van der Waals surface area contributed by atoms with Crippen LogP contribution in [-0.2, 0) is 4.79 Å². The van der Waals surface area contributed by atoms with Crippen LogP contribution in [0, 0.1) is 0 Å². The zero-order chi connectivity index (χ0) is 14.7. The maximum Gasteiger partial charge on any atom is 0.326 e. The van der Waals surface area contributed by atoms with Crippen molar-refractivity contribution < 1.29 is 19.4 Å². The zero-order valence-electron chi connectivity index (χ0n) is 11.1. The molecule has 1 unspecified atom stereocenters. The maximum atomic E-state index is 12.5. The number of rotatable bonds is 3. The highest BCUT2D eigenvalue weighted by molar-refractivity contribution is 6.32. The Morgan fingerprint density at radius 1 is 1.40 bits per heavy atom. The van der Waals surface area contributed by atoms with E-state index in [2.05, 4.69) is 0 Å². The number of carboxylic acid groups (broad SMARTS) is 1. The second kappa shape index (κ2) is 6.13. The predicted octanol–water partition coefficient (Wildman–Crippen LogP) is 2.43. The van der Waals surface area contributed by atoms with Crippen molar-refractivity contribution in [2.45, 2.75) is 25.3 Å². The first kappa shape index (κ1) is 14.7. The average Bonchev–Trinajstić information content (AvgIpc) is 2.47. The molecule has 0 bridgehead atoms. The van der Waals surface area contributed by atoms with Crippen molar-refractivity contribution >= 4 is 23.5 Å². The SMILES string of the molecule is COc1cc(C(=O)N2CCCCC2C(=O)O)ccc1Cl. The third-order valence-corrected chi connectivity index (χ3v) is 3.76. The molecule has 0 spiro atoms. The van der Waals surface area contributed by atoms with E-state index in [4.69, 9.17) is 16.3 Å². The van der Waals surface area contributed by atoms with Gasteiger partial charge in [-0.2, -0.15) is 0 Å². The first-order chi connectivity index (χ1) is 9.54. The largest absolute Gasteiger partial charge is 0.495 e. The van der Waals surface area contributed by atoms with Gasteiger partial charge in [-0.1, -0.05) is 11.6 Å². The molecule has 1 N–H and O–H groups in total. The number of carbonyl (C=O) groups is 2. The van der Waals surface area contributed by atoms with Crippen molar-refractivity contribution in [1.29, 1.82) is 0 Å². The molecule has 0 aromatic heterocycles. The number of amides is 1. The van der Waals surface area contributed by atoms with Crippen LogP contribution < -0.4 is 4.74 Å². The van der Waals surface area contributed by atoms with Crippen LogP contribution in [0.2, 0.25) is 5.02 Å². The minimum absolute atomic E-state index is 0.299. The van der Waals surface area contributed by atoms with Crippen LogP contribution in [0.15, 0.2) is 18.2 Å². The van der Waals surface area contributed by atoms with Crippen LogP contribution in [0.1, 0.15) is 29.6 Å². The second-order valence-corrected chi connectivity index (χ2v) is 5.10. The summed E-state index contributed by atoms with van der Waals surface area (Å²) >= 11 is 5.92. The van der Waals surface area contributed by atoms with Crippen LogP contribution in [0.25, 0.3) is 0 Å². The van der Waals surface area contributed by atoms with Gasteiger partial charge in [-0.25, -0.2) is 4.79 Å². The number of carbonyl (C=O) groups excluding carboxylic acids is 1. The summed E-state index contributed by atoms with van der Waals surface area (Å²) in [5.41, 5.74) is 0.388. The fourth-order valence-electron chi connectivity index (χ4n) is 2.39. The third kappa shape index (κ3) is 2.88. The summed E-state index contributed by atoms with van der Waals surface area (Å²) in [5, 5.41) is 9.62. The Morgan fingerprint density at radius 2 is 2.15 bits per heavy atom. The lowest BCUT2D eigenvalue weighted by molar-refractivity contribution is -0.143. The monoisotopic (exact) mass is 297 g/mol. The van der Waals surface area contributed by atoms with E-state index in [1.807, 2.05) is 0 Å². The predicted molar refractivity (Wildman–Crippen MR) is 74.3 cm³/mol. The molecule has 6 heteroatoms. The van der Waals surface area contributed by atoms with Gasteiger partial charge in [0.1, 0.15) is 11.8 Å². The van der Waals surface area contributed by atoms with Crippen molar-refractivity contribution in [3.63, 3.8) is 0 Å². The molecule has 1 atom stereocenters. The van der Waals surface area contributed by atoms with Crippen LogP contribution in [0.5, 0.6) is 5.75 Å². The summed E-state index contributed by atoms with van der Waals surface area (Å²) in [6.07, 6.45) is 2.14. The number of methoxy groups -OCH3 is 1. The Balaban J connectivity index is 2.27. The first-order valence-electron chi connectivity index (χ1n) is 6.42. The van der Waals surface area contributed by atoms with E-state index < -0.39 is 12.0 Å². The fraction of sp³-hybridized carbons (Fsp3) is 0.429. The molecule has 1 aromatic rings. The van der Waals surface area contributed by atoms with Crippen LogP contribution in [-0.4, -0.2) is 41.6 Å². The molecular formula is C14H16ClNO4. The van der Waals surface area contributed by atoms with E-state index >= 15 is 0 Å². The van der Waals surface area contributed by atoms with E-state index in [9.17, 15) is 14.7 Å². The minimum Gasteiger partial charge on any atom is -0.495 e. The average molecular weight is 298 g/mol. The molecule has 1 heterocycles. The van der Waals surface area contributed by atoms with Gasteiger partial charge in [0.2, 0.25) is 0 Å². The third-order valence-electron chi connectivity index (χ3n) is 3.45. The molecule has 1 amide bonds. The number of benzene rings is 1. The number of aliphatic carboxylic acids is 1. The molecule has 0 saturated carbocycles. The molecule has 20 heavy (non-hydrogen) atoms. The van der Waals surface area contributed by atoms with E-state index in [-0.39, 0.29) is 5.91 Å². The van der Waals surface area contributed by atoms with Gasteiger partial charge in [0.15, 0.2) is 0 Å². The second-order valence-electron chi connectivity index (χ2n) is 4.70. The summed E-state index contributed by atoms with van der Waals surface area (Å²) in [6.45, 7) is 0.459. The number of likely N-dealkylation sites (tertiary alicyclic amines) is 1. The lowest BCUT2D eigenvalue weighted by atomic mass is 10.0. The minimum atomic E-state index is -0.959. The zero-order valence-corrected chi connectivity index (χ0v) is 11.9. The van der Waals surface area contributed by atoms with Gasteiger partial charge < -0.3 is 14.7 Å².